The minimum Gasteiger partial charge on any atom is -0.463 e. The van der Waals surface area contributed by atoms with Gasteiger partial charge in [-0.2, -0.15) is 0 Å². The number of rotatable bonds is 16. The molecule has 0 aromatic carbocycles. The second kappa shape index (κ2) is 15.5. The smallest absolute Gasteiger partial charge is 0.305 e. The first-order valence-electron chi connectivity index (χ1n) is 12.9. The molecule has 2 heterocycles. The van der Waals surface area contributed by atoms with E-state index in [0.717, 1.165) is 19.3 Å². The van der Waals surface area contributed by atoms with Crippen LogP contribution in [0, 0.1) is 0 Å². The number of ether oxygens (including phenoxy) is 4. The number of carbonyl (C=O) groups is 1. The van der Waals surface area contributed by atoms with E-state index in [2.05, 4.69) is 6.92 Å². The largest absolute Gasteiger partial charge is 0.463 e. The summed E-state index contributed by atoms with van der Waals surface area (Å²) in [5.74, 6) is -0.443. The fourth-order valence-corrected chi connectivity index (χ4v) is 4.52. The van der Waals surface area contributed by atoms with Crippen LogP contribution in [0.15, 0.2) is 0 Å². The molecule has 9 atom stereocenters. The average Bonchev–Trinajstić information content (AvgIpc) is 3.12. The van der Waals surface area contributed by atoms with Gasteiger partial charge in [-0.3, -0.25) is 4.79 Å². The van der Waals surface area contributed by atoms with Crippen molar-refractivity contribution < 1.29 is 59.5 Å². The molecule has 0 aromatic heterocycles. The molecule has 12 heteroatoms. The number of unbranched alkanes of at least 4 members (excludes halogenated alkanes) is 6. The van der Waals surface area contributed by atoms with Crippen LogP contribution in [-0.4, -0.2) is 129 Å². The quantitative estimate of drug-likeness (QED) is 0.0902. The molecular weight excluding hydrogens is 480 g/mol. The molecule has 2 aliphatic heterocycles. The number of carbonyl (C=O) groups excluding carboxylic acids is 1. The highest BCUT2D eigenvalue weighted by Gasteiger charge is 2.54. The average molecular weight is 525 g/mol. The molecule has 2 rings (SSSR count). The molecule has 36 heavy (non-hydrogen) atoms. The Labute approximate surface area is 211 Å². The number of hydrogen-bond acceptors (Lipinski definition) is 12. The fourth-order valence-electron chi connectivity index (χ4n) is 4.52. The first-order valence-corrected chi connectivity index (χ1v) is 12.9. The summed E-state index contributed by atoms with van der Waals surface area (Å²) in [6.45, 7) is -0.195. The van der Waals surface area contributed by atoms with Crippen LogP contribution in [0.2, 0.25) is 0 Å². The van der Waals surface area contributed by atoms with E-state index in [1.165, 1.54) is 19.3 Å². The predicted octanol–water partition coefficient (Wildman–Crippen LogP) is -1.62. The van der Waals surface area contributed by atoms with Gasteiger partial charge in [0, 0.05) is 6.42 Å². The molecule has 0 aromatic rings. The summed E-state index contributed by atoms with van der Waals surface area (Å²) in [6.07, 6.45) is -3.25. The van der Waals surface area contributed by atoms with Gasteiger partial charge in [-0.05, 0) is 6.42 Å². The van der Waals surface area contributed by atoms with E-state index >= 15 is 0 Å². The van der Waals surface area contributed by atoms with E-state index in [0.29, 0.717) is 6.42 Å². The Morgan fingerprint density at radius 3 is 2.00 bits per heavy atom. The number of esters is 1. The highest BCUT2D eigenvalue weighted by atomic mass is 16.6. The third-order valence-electron chi connectivity index (χ3n) is 6.91. The molecule has 0 radical (unpaired) electrons. The van der Waals surface area contributed by atoms with Crippen LogP contribution >= 0.6 is 0 Å². The summed E-state index contributed by atoms with van der Waals surface area (Å²) in [5.41, 5.74) is -1.70. The van der Waals surface area contributed by atoms with Crippen molar-refractivity contribution in [3.8, 4) is 0 Å². The van der Waals surface area contributed by atoms with E-state index in [9.17, 15) is 40.5 Å². The summed E-state index contributed by atoms with van der Waals surface area (Å²) in [5, 5.41) is 69.9. The Morgan fingerprint density at radius 2 is 1.42 bits per heavy atom. The molecule has 2 saturated heterocycles. The summed E-state index contributed by atoms with van der Waals surface area (Å²) < 4.78 is 21.7. The fraction of sp³-hybridized carbons (Fsp3) is 0.958. The van der Waals surface area contributed by atoms with Crippen LogP contribution in [0.1, 0.15) is 58.3 Å². The first-order chi connectivity index (χ1) is 17.2. The van der Waals surface area contributed by atoms with E-state index in [4.69, 9.17) is 18.9 Å². The van der Waals surface area contributed by atoms with Crippen molar-refractivity contribution in [2.24, 2.45) is 0 Å². The molecule has 212 valence electrons. The van der Waals surface area contributed by atoms with Crippen LogP contribution in [0.4, 0.5) is 0 Å². The molecule has 12 nitrogen and oxygen atoms in total. The van der Waals surface area contributed by atoms with Gasteiger partial charge in [0.05, 0.1) is 26.4 Å². The third kappa shape index (κ3) is 8.29. The maximum atomic E-state index is 12.1. The Bertz CT molecular complexity index is 636. The molecule has 0 bridgehead atoms. The Hall–Kier alpha value is -0.930. The van der Waals surface area contributed by atoms with Crippen LogP contribution in [0.3, 0.4) is 0 Å². The van der Waals surface area contributed by atoms with Crippen molar-refractivity contribution in [1.82, 2.24) is 0 Å². The molecule has 0 amide bonds. The van der Waals surface area contributed by atoms with Crippen molar-refractivity contribution in [2.45, 2.75) is 113 Å². The maximum Gasteiger partial charge on any atom is 0.305 e. The van der Waals surface area contributed by atoms with Gasteiger partial charge in [-0.1, -0.05) is 45.4 Å². The summed E-state index contributed by atoms with van der Waals surface area (Å²) in [7, 11) is 0. The van der Waals surface area contributed by atoms with E-state index < -0.39 is 80.2 Å². The van der Waals surface area contributed by atoms with Crippen molar-refractivity contribution >= 4 is 5.97 Å². The van der Waals surface area contributed by atoms with Gasteiger partial charge < -0.3 is 54.7 Å². The van der Waals surface area contributed by atoms with Gasteiger partial charge in [-0.25, -0.2) is 0 Å². The zero-order valence-corrected chi connectivity index (χ0v) is 21.0. The molecule has 0 aliphatic carbocycles. The van der Waals surface area contributed by atoms with Gasteiger partial charge in [0.25, 0.3) is 0 Å². The van der Waals surface area contributed by atoms with Gasteiger partial charge in [0.15, 0.2) is 0 Å². The third-order valence-corrected chi connectivity index (χ3v) is 6.91. The van der Waals surface area contributed by atoms with E-state index in [-0.39, 0.29) is 19.6 Å². The Morgan fingerprint density at radius 1 is 0.806 bits per heavy atom. The molecular formula is C24H44O12. The minimum absolute atomic E-state index is 0.237. The lowest BCUT2D eigenvalue weighted by Gasteiger charge is -2.40. The zero-order chi connectivity index (χ0) is 26.7. The highest BCUT2D eigenvalue weighted by molar-refractivity contribution is 5.69. The normalized spacial score (nSPS) is 36.8. The molecule has 0 saturated carbocycles. The molecule has 7 N–H and O–H groups in total. The maximum absolute atomic E-state index is 12.1. The standard InChI is InChI=1S/C24H44O12/c1-2-3-4-5-6-7-8-9-18(27)34-12-17-20(29)22(31)19(28)16(35-17)11-33-14-24(13-26)23(32)21(30)15(10-25)36-24/h15-17,19-23,25-26,28-32H,2-14H2,1H3/t15-,16-,17?,19?,20-,21+,22+,23?,24+/m1/s1. The van der Waals surface area contributed by atoms with Crippen molar-refractivity contribution in [3.05, 3.63) is 0 Å². The predicted molar refractivity (Wildman–Crippen MR) is 125 cm³/mol. The monoisotopic (exact) mass is 524 g/mol. The van der Waals surface area contributed by atoms with E-state index in [1.807, 2.05) is 0 Å². The lowest BCUT2D eigenvalue weighted by Crippen LogP contribution is -2.60. The topological polar surface area (TPSA) is 196 Å². The summed E-state index contributed by atoms with van der Waals surface area (Å²) in [4.78, 5) is 12.1. The Balaban J connectivity index is 1.78. The Kier molecular flexibility index (Phi) is 13.4. The second-order valence-corrected chi connectivity index (χ2v) is 9.75. The van der Waals surface area contributed by atoms with Crippen molar-refractivity contribution in [2.75, 3.05) is 33.0 Å². The van der Waals surface area contributed by atoms with Gasteiger partial charge in [0.2, 0.25) is 0 Å². The van der Waals surface area contributed by atoms with Gasteiger partial charge in [-0.15, -0.1) is 0 Å². The number of aliphatic hydroxyl groups excluding tert-OH is 7. The molecule has 0 spiro atoms. The first kappa shape index (κ1) is 31.3. The highest BCUT2D eigenvalue weighted by Crippen LogP contribution is 2.32. The second-order valence-electron chi connectivity index (χ2n) is 9.75. The van der Waals surface area contributed by atoms with Crippen LogP contribution < -0.4 is 0 Å². The number of aliphatic hydroxyl groups is 7. The lowest BCUT2D eigenvalue weighted by molar-refractivity contribution is -0.246. The molecule has 2 aliphatic rings. The van der Waals surface area contributed by atoms with Crippen molar-refractivity contribution in [3.63, 3.8) is 0 Å². The number of hydrogen-bond donors (Lipinski definition) is 7. The summed E-state index contributed by atoms with van der Waals surface area (Å²) in [6, 6.07) is 0. The van der Waals surface area contributed by atoms with Gasteiger partial charge >= 0.3 is 5.97 Å². The molecule has 3 unspecified atom stereocenters. The summed E-state index contributed by atoms with van der Waals surface area (Å²) >= 11 is 0. The zero-order valence-electron chi connectivity index (χ0n) is 21.0. The van der Waals surface area contributed by atoms with Crippen LogP contribution in [0.5, 0.6) is 0 Å². The van der Waals surface area contributed by atoms with E-state index in [1.54, 1.807) is 0 Å². The lowest BCUT2D eigenvalue weighted by atomic mass is 9.95. The van der Waals surface area contributed by atoms with Crippen LogP contribution in [0.25, 0.3) is 0 Å². The van der Waals surface area contributed by atoms with Crippen molar-refractivity contribution in [1.29, 1.82) is 0 Å². The van der Waals surface area contributed by atoms with Gasteiger partial charge in [0.1, 0.15) is 61.0 Å². The molecule has 2 fully saturated rings. The minimum atomic E-state index is -1.70. The SMILES string of the molecule is CCCCCCCCCC(=O)OCC1O[C@H](COC[C@]2(CO)O[C@H](CO)[C@H](O)C2O)C(O)[C@H](O)[C@@H]1O. The van der Waals surface area contributed by atoms with Crippen LogP contribution in [-0.2, 0) is 23.7 Å².